The molecule has 160 valence electrons. The molecule has 1 heterocycles. The summed E-state index contributed by atoms with van der Waals surface area (Å²) in [6, 6.07) is 20.1. The van der Waals surface area contributed by atoms with E-state index in [1.807, 2.05) is 36.4 Å². The van der Waals surface area contributed by atoms with Gasteiger partial charge in [0.05, 0.1) is 17.8 Å². The largest absolute Gasteiger partial charge is 0.273 e. The minimum absolute atomic E-state index is 0.155. The molecule has 2 aromatic rings. The number of carbonyl (C=O) groups is 3. The lowest BCUT2D eigenvalue weighted by molar-refractivity contribution is -0.149. The molecule has 5 heteroatoms. The van der Waals surface area contributed by atoms with Crippen LogP contribution in [-0.2, 0) is 19.8 Å². The number of hydrogen-bond acceptors (Lipinski definition) is 3. The van der Waals surface area contributed by atoms with Crippen LogP contribution >= 0.6 is 0 Å². The molecule has 32 heavy (non-hydrogen) atoms. The van der Waals surface area contributed by atoms with Crippen molar-refractivity contribution in [3.8, 4) is 0 Å². The molecular formula is C27H24N2O3. The molecule has 2 bridgehead atoms. The first-order chi connectivity index (χ1) is 15.6. The van der Waals surface area contributed by atoms with Crippen molar-refractivity contribution in [1.29, 1.82) is 0 Å². The second-order valence-corrected chi connectivity index (χ2v) is 10.1. The molecule has 0 spiro atoms. The van der Waals surface area contributed by atoms with Gasteiger partial charge in [0.1, 0.15) is 0 Å². The Morgan fingerprint density at radius 3 is 1.81 bits per heavy atom. The fourth-order valence-corrected chi connectivity index (χ4v) is 7.11. The Hall–Kier alpha value is -3.21. The summed E-state index contributed by atoms with van der Waals surface area (Å²) in [6.45, 7) is 0. The van der Waals surface area contributed by atoms with Gasteiger partial charge in [-0.2, -0.15) is 5.01 Å². The van der Waals surface area contributed by atoms with Gasteiger partial charge in [-0.25, -0.2) is 0 Å². The molecule has 0 unspecified atom stereocenters. The zero-order valence-corrected chi connectivity index (χ0v) is 17.6. The molecule has 4 fully saturated rings. The molecule has 1 N–H and O–H groups in total. The van der Waals surface area contributed by atoms with Crippen LogP contribution in [0.25, 0.3) is 0 Å². The molecular weight excluding hydrogens is 400 g/mol. The Labute approximate surface area is 186 Å². The van der Waals surface area contributed by atoms with E-state index >= 15 is 0 Å². The van der Waals surface area contributed by atoms with E-state index in [0.29, 0.717) is 18.3 Å². The van der Waals surface area contributed by atoms with Crippen molar-refractivity contribution in [2.75, 3.05) is 0 Å². The molecule has 0 aromatic heterocycles. The van der Waals surface area contributed by atoms with E-state index in [2.05, 4.69) is 41.8 Å². The Bertz CT molecular complexity index is 1100. The van der Waals surface area contributed by atoms with Crippen LogP contribution in [0.5, 0.6) is 0 Å². The number of nitrogens with zero attached hydrogens (tertiary/aromatic N) is 1. The standard InChI is InChI=1S/C27H24N2O3/c30-24(21-14-27(21,15-7-3-1-4-8-15)16-9-5-2-6-10-16)28-29-25(31)22-17-11-12-18(20-13-19(17)20)23(22)26(29)32/h1-12,17-23H,13-14H2,(H,28,30)/t17-,18-,19-,20+,21-,22+,23+/m0/s1. The normalized spacial score (nSPS) is 37.1. The smallest absolute Gasteiger partial charge is 0.252 e. The maximum absolute atomic E-state index is 13.4. The van der Waals surface area contributed by atoms with Gasteiger partial charge in [-0.3, -0.25) is 19.8 Å². The Kier molecular flexibility index (Phi) is 3.55. The average Bonchev–Trinajstić information content (AvgIpc) is 3.75. The predicted molar refractivity (Wildman–Crippen MR) is 116 cm³/mol. The number of imide groups is 1. The van der Waals surface area contributed by atoms with Crippen LogP contribution < -0.4 is 5.43 Å². The number of hydrazine groups is 1. The van der Waals surface area contributed by atoms with Gasteiger partial charge in [-0.1, -0.05) is 72.8 Å². The first-order valence-electron chi connectivity index (χ1n) is 11.6. The summed E-state index contributed by atoms with van der Waals surface area (Å²) < 4.78 is 0. The molecule has 1 saturated heterocycles. The van der Waals surface area contributed by atoms with E-state index in [1.54, 1.807) is 0 Å². The number of nitrogens with one attached hydrogen (secondary N) is 1. The average molecular weight is 425 g/mol. The van der Waals surface area contributed by atoms with E-state index in [-0.39, 0.29) is 47.3 Å². The number of benzene rings is 2. The highest BCUT2D eigenvalue weighted by atomic mass is 16.2. The van der Waals surface area contributed by atoms with E-state index in [0.717, 1.165) is 22.6 Å². The molecule has 2 aromatic carbocycles. The van der Waals surface area contributed by atoms with Gasteiger partial charge in [0.25, 0.3) is 11.8 Å². The molecule has 3 saturated carbocycles. The van der Waals surface area contributed by atoms with Crippen LogP contribution in [-0.4, -0.2) is 22.7 Å². The van der Waals surface area contributed by atoms with Crippen LogP contribution in [0.3, 0.4) is 0 Å². The summed E-state index contributed by atoms with van der Waals surface area (Å²) in [5, 5.41) is 1.06. The van der Waals surface area contributed by atoms with Crippen LogP contribution in [0.1, 0.15) is 24.0 Å². The molecule has 0 radical (unpaired) electrons. The summed E-state index contributed by atoms with van der Waals surface area (Å²) in [5.41, 5.74) is 4.50. The Balaban J connectivity index is 1.17. The lowest BCUT2D eigenvalue weighted by Gasteiger charge is -2.37. The molecule has 3 amide bonds. The third-order valence-electron chi connectivity index (χ3n) is 8.74. The zero-order chi connectivity index (χ0) is 21.6. The molecule has 8 rings (SSSR count). The van der Waals surface area contributed by atoms with E-state index in [9.17, 15) is 14.4 Å². The fraction of sp³-hybridized carbons (Fsp3) is 0.370. The number of carbonyl (C=O) groups excluding carboxylic acids is 3. The fourth-order valence-electron chi connectivity index (χ4n) is 7.11. The highest BCUT2D eigenvalue weighted by Crippen LogP contribution is 2.65. The summed E-state index contributed by atoms with van der Waals surface area (Å²) >= 11 is 0. The lowest BCUT2D eigenvalue weighted by Crippen LogP contribution is -2.48. The van der Waals surface area contributed by atoms with E-state index < -0.39 is 5.41 Å². The van der Waals surface area contributed by atoms with Gasteiger partial charge in [-0.05, 0) is 47.6 Å². The van der Waals surface area contributed by atoms with E-state index in [4.69, 9.17) is 0 Å². The SMILES string of the molecule is O=C(NN1C(=O)[C@@H]2[C@H]3C=C[C@@H]([C@@H]4C[C@H]34)[C@H]2C1=O)[C@@H]1CC1(c1ccccc1)c1ccccc1. The van der Waals surface area contributed by atoms with Crippen LogP contribution in [0.2, 0.25) is 0 Å². The Morgan fingerprint density at radius 1 is 0.812 bits per heavy atom. The third kappa shape index (κ3) is 2.26. The quantitative estimate of drug-likeness (QED) is 0.606. The second kappa shape index (κ2) is 6.18. The molecule has 5 aliphatic carbocycles. The number of hydrogen-bond donors (Lipinski definition) is 1. The van der Waals surface area contributed by atoms with Crippen LogP contribution in [0.4, 0.5) is 0 Å². The van der Waals surface area contributed by atoms with Gasteiger partial charge in [-0.15, -0.1) is 0 Å². The van der Waals surface area contributed by atoms with Crippen molar-refractivity contribution in [2.24, 2.45) is 41.4 Å². The molecule has 7 atom stereocenters. The first kappa shape index (κ1) is 18.4. The minimum Gasteiger partial charge on any atom is -0.273 e. The van der Waals surface area contributed by atoms with Crippen molar-refractivity contribution < 1.29 is 14.4 Å². The van der Waals surface area contributed by atoms with Gasteiger partial charge in [0.2, 0.25) is 5.91 Å². The van der Waals surface area contributed by atoms with Crippen molar-refractivity contribution in [2.45, 2.75) is 18.3 Å². The summed E-state index contributed by atoms with van der Waals surface area (Å²) in [7, 11) is 0. The predicted octanol–water partition coefficient (Wildman–Crippen LogP) is 3.08. The number of allylic oxidation sites excluding steroid dienone is 2. The number of rotatable bonds is 4. The highest BCUT2D eigenvalue weighted by Gasteiger charge is 2.68. The van der Waals surface area contributed by atoms with Gasteiger partial charge < -0.3 is 0 Å². The second-order valence-electron chi connectivity index (χ2n) is 10.1. The highest BCUT2D eigenvalue weighted by molar-refractivity contribution is 6.07. The zero-order valence-electron chi connectivity index (χ0n) is 17.6. The lowest BCUT2D eigenvalue weighted by atomic mass is 9.63. The van der Waals surface area contributed by atoms with Gasteiger partial charge >= 0.3 is 0 Å². The maximum Gasteiger partial charge on any atom is 0.252 e. The minimum atomic E-state index is -0.423. The first-order valence-corrected chi connectivity index (χ1v) is 11.6. The monoisotopic (exact) mass is 424 g/mol. The summed E-state index contributed by atoms with van der Waals surface area (Å²) in [6.07, 6.45) is 6.08. The number of amides is 3. The molecule has 1 aliphatic heterocycles. The van der Waals surface area contributed by atoms with Crippen LogP contribution in [0.15, 0.2) is 72.8 Å². The van der Waals surface area contributed by atoms with Crippen molar-refractivity contribution in [1.82, 2.24) is 10.4 Å². The van der Waals surface area contributed by atoms with Crippen molar-refractivity contribution in [3.05, 3.63) is 83.9 Å². The van der Waals surface area contributed by atoms with Crippen molar-refractivity contribution >= 4 is 17.7 Å². The molecule has 5 nitrogen and oxygen atoms in total. The topological polar surface area (TPSA) is 66.5 Å². The van der Waals surface area contributed by atoms with Gasteiger partial charge in [0, 0.05) is 5.41 Å². The van der Waals surface area contributed by atoms with E-state index in [1.165, 1.54) is 0 Å². The Morgan fingerprint density at radius 2 is 1.31 bits per heavy atom. The summed E-state index contributed by atoms with van der Waals surface area (Å²) in [5.74, 6) is -0.196. The third-order valence-corrected chi connectivity index (χ3v) is 8.74. The molecule has 6 aliphatic rings. The summed E-state index contributed by atoms with van der Waals surface area (Å²) in [4.78, 5) is 39.9. The van der Waals surface area contributed by atoms with Crippen molar-refractivity contribution in [3.63, 3.8) is 0 Å². The van der Waals surface area contributed by atoms with Gasteiger partial charge in [0.15, 0.2) is 0 Å². The van der Waals surface area contributed by atoms with Crippen LogP contribution in [0, 0.1) is 41.4 Å². The maximum atomic E-state index is 13.4.